The molecule has 0 aliphatic heterocycles. The van der Waals surface area contributed by atoms with Crippen molar-refractivity contribution in [1.29, 1.82) is 0 Å². The lowest BCUT2D eigenvalue weighted by atomic mass is 9.69. The number of amides is 1. The quantitative estimate of drug-likeness (QED) is 0.700. The lowest BCUT2D eigenvalue weighted by Gasteiger charge is -2.38. The Morgan fingerprint density at radius 3 is 2.81 bits per heavy atom. The lowest BCUT2D eigenvalue weighted by molar-refractivity contribution is -0.122. The van der Waals surface area contributed by atoms with Gasteiger partial charge in [-0.1, -0.05) is 56.0 Å². The molecule has 1 fully saturated rings. The second-order valence-electron chi connectivity index (χ2n) is 7.77. The van der Waals surface area contributed by atoms with Crippen LogP contribution in [0.1, 0.15) is 62.4 Å². The van der Waals surface area contributed by atoms with Gasteiger partial charge in [0, 0.05) is 18.4 Å². The van der Waals surface area contributed by atoms with Gasteiger partial charge in [-0.3, -0.25) is 14.5 Å². The highest BCUT2D eigenvalue weighted by atomic mass is 32.1. The fourth-order valence-electron chi connectivity index (χ4n) is 4.17. The second-order valence-corrected chi connectivity index (χ2v) is 8.16. The fraction of sp³-hybridized carbons (Fsp3) is 0.571. The molecule has 1 aromatic heterocycles. The fourth-order valence-corrected chi connectivity index (χ4v) is 4.38. The van der Waals surface area contributed by atoms with Crippen molar-refractivity contribution in [1.82, 2.24) is 20.1 Å². The summed E-state index contributed by atoms with van der Waals surface area (Å²) in [5, 5.41) is 10.3. The van der Waals surface area contributed by atoms with Gasteiger partial charge >= 0.3 is 0 Å². The lowest BCUT2D eigenvalue weighted by Crippen LogP contribution is -2.43. The highest BCUT2D eigenvalue weighted by molar-refractivity contribution is 7.71. The number of aryl methyl sites for hydroxylation is 2. The molecule has 0 atom stereocenters. The van der Waals surface area contributed by atoms with Crippen molar-refractivity contribution in [2.75, 3.05) is 6.54 Å². The van der Waals surface area contributed by atoms with Crippen molar-refractivity contribution in [3.63, 3.8) is 0 Å². The van der Waals surface area contributed by atoms with Crippen LogP contribution in [0.15, 0.2) is 24.3 Å². The van der Waals surface area contributed by atoms with Crippen LogP contribution >= 0.6 is 12.2 Å². The zero-order valence-corrected chi connectivity index (χ0v) is 17.2. The Hall–Kier alpha value is -1.95. The number of hydrogen-bond donors (Lipinski definition) is 2. The number of benzene rings is 1. The van der Waals surface area contributed by atoms with Gasteiger partial charge in [-0.25, -0.2) is 0 Å². The predicted octanol–water partition coefficient (Wildman–Crippen LogP) is 4.22. The van der Waals surface area contributed by atoms with Crippen LogP contribution in [0.25, 0.3) is 0 Å². The first kappa shape index (κ1) is 19.8. The molecular weight excluding hydrogens is 356 g/mol. The molecule has 1 aliphatic rings. The average Bonchev–Trinajstić information content (AvgIpc) is 3.01. The molecule has 2 N–H and O–H groups in total. The minimum Gasteiger partial charge on any atom is -0.354 e. The Labute approximate surface area is 166 Å². The predicted molar refractivity (Wildman–Crippen MR) is 110 cm³/mol. The summed E-state index contributed by atoms with van der Waals surface area (Å²) in [6.45, 7) is 5.14. The van der Waals surface area contributed by atoms with E-state index in [1.165, 1.54) is 30.4 Å². The standard InChI is InChI=1S/C21H30N4OS/c1-3-8-18-23-24-20(27)25(18)14-19(26)22-15-21(11-5-4-6-12-21)17-10-7-9-16(2)13-17/h7,9-10,13H,3-6,8,11-12,14-15H2,1-2H3,(H,22,26)(H,24,27). The Morgan fingerprint density at radius 1 is 1.33 bits per heavy atom. The molecule has 0 radical (unpaired) electrons. The summed E-state index contributed by atoms with van der Waals surface area (Å²) in [6.07, 6.45) is 7.76. The number of rotatable bonds is 7. The minimum absolute atomic E-state index is 0.00227. The van der Waals surface area contributed by atoms with E-state index in [-0.39, 0.29) is 17.9 Å². The number of aromatic amines is 1. The molecule has 3 rings (SSSR count). The molecule has 1 saturated carbocycles. The molecule has 1 amide bonds. The number of H-pyrrole nitrogens is 1. The van der Waals surface area contributed by atoms with Gasteiger partial charge in [0.05, 0.1) is 0 Å². The van der Waals surface area contributed by atoms with Gasteiger partial charge in [-0.05, 0) is 44.0 Å². The Balaban J connectivity index is 1.72. The minimum atomic E-state index is 0.00227. The third-order valence-electron chi connectivity index (χ3n) is 5.68. The molecule has 1 aromatic carbocycles. The Bertz CT molecular complexity index is 833. The molecule has 0 bridgehead atoms. The maximum atomic E-state index is 12.7. The first-order valence-electron chi connectivity index (χ1n) is 10.0. The molecular formula is C21H30N4OS. The smallest absolute Gasteiger partial charge is 0.240 e. The van der Waals surface area contributed by atoms with Crippen LogP contribution in [0.5, 0.6) is 0 Å². The summed E-state index contributed by atoms with van der Waals surface area (Å²) < 4.78 is 2.33. The van der Waals surface area contributed by atoms with E-state index in [0.29, 0.717) is 11.3 Å². The second kappa shape index (κ2) is 8.83. The van der Waals surface area contributed by atoms with Gasteiger partial charge in [0.25, 0.3) is 0 Å². The highest BCUT2D eigenvalue weighted by Gasteiger charge is 2.34. The van der Waals surface area contributed by atoms with Gasteiger partial charge < -0.3 is 5.32 Å². The summed E-state index contributed by atoms with van der Waals surface area (Å²) in [5.74, 6) is 0.853. The number of nitrogens with one attached hydrogen (secondary N) is 2. The maximum absolute atomic E-state index is 12.7. The Morgan fingerprint density at radius 2 is 2.11 bits per heavy atom. The largest absolute Gasteiger partial charge is 0.354 e. The molecule has 0 unspecified atom stereocenters. The number of hydrogen-bond acceptors (Lipinski definition) is 3. The van der Waals surface area contributed by atoms with E-state index in [1.54, 1.807) is 0 Å². The van der Waals surface area contributed by atoms with Gasteiger partial charge in [0.15, 0.2) is 4.77 Å². The van der Waals surface area contributed by atoms with E-state index in [4.69, 9.17) is 12.2 Å². The van der Waals surface area contributed by atoms with Crippen molar-refractivity contribution in [3.05, 3.63) is 46.0 Å². The van der Waals surface area contributed by atoms with Crippen LogP contribution in [0.2, 0.25) is 0 Å². The van der Waals surface area contributed by atoms with Gasteiger partial charge in [0.2, 0.25) is 5.91 Å². The number of carbonyl (C=O) groups excluding carboxylic acids is 1. The average molecular weight is 387 g/mol. The van der Waals surface area contributed by atoms with Crippen molar-refractivity contribution < 1.29 is 4.79 Å². The van der Waals surface area contributed by atoms with Crippen LogP contribution in [0.4, 0.5) is 0 Å². The van der Waals surface area contributed by atoms with Crippen molar-refractivity contribution in [2.24, 2.45) is 0 Å². The number of aromatic nitrogens is 3. The molecule has 1 aliphatic carbocycles. The topological polar surface area (TPSA) is 62.7 Å². The zero-order chi connectivity index (χ0) is 19.3. The molecule has 2 aromatic rings. The van der Waals surface area contributed by atoms with E-state index in [1.807, 2.05) is 4.57 Å². The number of nitrogens with zero attached hydrogens (tertiary/aromatic N) is 2. The summed E-state index contributed by atoms with van der Waals surface area (Å²) in [4.78, 5) is 12.7. The van der Waals surface area contributed by atoms with E-state index in [2.05, 4.69) is 53.6 Å². The highest BCUT2D eigenvalue weighted by Crippen LogP contribution is 2.39. The SMILES string of the molecule is CCCc1n[nH]c(=S)n1CC(=O)NCC1(c2cccc(C)c2)CCCCC1. The first-order valence-corrected chi connectivity index (χ1v) is 10.4. The van der Waals surface area contributed by atoms with Gasteiger partial charge in [-0.15, -0.1) is 0 Å². The van der Waals surface area contributed by atoms with E-state index in [0.717, 1.165) is 31.5 Å². The van der Waals surface area contributed by atoms with Crippen LogP contribution in [0.3, 0.4) is 0 Å². The molecule has 0 spiro atoms. The maximum Gasteiger partial charge on any atom is 0.240 e. The summed E-state index contributed by atoms with van der Waals surface area (Å²) in [7, 11) is 0. The van der Waals surface area contributed by atoms with Crippen LogP contribution < -0.4 is 5.32 Å². The Kier molecular flexibility index (Phi) is 6.47. The summed E-state index contributed by atoms with van der Waals surface area (Å²) in [5.41, 5.74) is 2.68. The third kappa shape index (κ3) is 4.67. The van der Waals surface area contributed by atoms with Crippen molar-refractivity contribution in [2.45, 2.75) is 70.8 Å². The normalized spacial score (nSPS) is 16.2. The molecule has 0 saturated heterocycles. The van der Waals surface area contributed by atoms with Gasteiger partial charge in [-0.2, -0.15) is 5.10 Å². The number of carbonyl (C=O) groups is 1. The van der Waals surface area contributed by atoms with Crippen LogP contribution in [0, 0.1) is 11.7 Å². The zero-order valence-electron chi connectivity index (χ0n) is 16.4. The van der Waals surface area contributed by atoms with E-state index >= 15 is 0 Å². The van der Waals surface area contributed by atoms with Crippen molar-refractivity contribution in [3.8, 4) is 0 Å². The van der Waals surface area contributed by atoms with E-state index < -0.39 is 0 Å². The third-order valence-corrected chi connectivity index (χ3v) is 5.99. The molecule has 5 nitrogen and oxygen atoms in total. The van der Waals surface area contributed by atoms with Crippen LogP contribution in [-0.2, 0) is 23.2 Å². The first-order chi connectivity index (χ1) is 13.0. The monoisotopic (exact) mass is 386 g/mol. The molecule has 27 heavy (non-hydrogen) atoms. The van der Waals surface area contributed by atoms with E-state index in [9.17, 15) is 4.79 Å². The molecule has 1 heterocycles. The van der Waals surface area contributed by atoms with Crippen LogP contribution in [-0.4, -0.2) is 27.2 Å². The molecule has 146 valence electrons. The summed E-state index contributed by atoms with van der Waals surface area (Å²) in [6, 6.07) is 8.76. The summed E-state index contributed by atoms with van der Waals surface area (Å²) >= 11 is 5.29. The van der Waals surface area contributed by atoms with Crippen molar-refractivity contribution >= 4 is 18.1 Å². The molecule has 6 heteroatoms. The van der Waals surface area contributed by atoms with Gasteiger partial charge in [0.1, 0.15) is 12.4 Å².